The van der Waals surface area contributed by atoms with E-state index < -0.39 is 0 Å². The molecule has 1 aliphatic heterocycles. The predicted octanol–water partition coefficient (Wildman–Crippen LogP) is 3.65. The number of methoxy groups -OCH3 is 1. The first kappa shape index (κ1) is 19.2. The molecule has 0 aliphatic carbocycles. The van der Waals surface area contributed by atoms with Crippen LogP contribution in [-0.4, -0.2) is 42.5 Å². The maximum Gasteiger partial charge on any atom is 0.263 e. The third kappa shape index (κ3) is 4.23. The lowest BCUT2D eigenvalue weighted by molar-refractivity contribution is 0.0936. The second-order valence-electron chi connectivity index (χ2n) is 6.17. The van der Waals surface area contributed by atoms with E-state index >= 15 is 0 Å². The Morgan fingerprint density at radius 1 is 1.46 bits per heavy atom. The summed E-state index contributed by atoms with van der Waals surface area (Å²) >= 11 is 7.55. The van der Waals surface area contributed by atoms with Gasteiger partial charge in [-0.25, -0.2) is 9.37 Å². The molecule has 2 aromatic rings. The number of nitrogens with zero attached hydrogens (tertiary/aromatic N) is 2. The monoisotopic (exact) mass is 397 g/mol. The molecule has 140 valence electrons. The lowest BCUT2D eigenvalue weighted by Crippen LogP contribution is -2.37. The summed E-state index contributed by atoms with van der Waals surface area (Å²) in [6.07, 6.45) is 2.12. The van der Waals surface area contributed by atoms with Crippen LogP contribution in [0.3, 0.4) is 0 Å². The van der Waals surface area contributed by atoms with Gasteiger partial charge in [-0.05, 0) is 38.1 Å². The van der Waals surface area contributed by atoms with E-state index in [0.717, 1.165) is 25.9 Å². The first-order valence-corrected chi connectivity index (χ1v) is 9.75. The molecule has 1 N–H and O–H groups in total. The van der Waals surface area contributed by atoms with Gasteiger partial charge < -0.3 is 10.1 Å². The molecular formula is C18H21ClFN3O2S. The molecule has 8 heteroatoms. The van der Waals surface area contributed by atoms with E-state index in [-0.39, 0.29) is 30.9 Å². The highest BCUT2D eigenvalue weighted by Gasteiger charge is 2.28. The van der Waals surface area contributed by atoms with Crippen LogP contribution in [0.25, 0.3) is 0 Å². The Morgan fingerprint density at radius 2 is 2.23 bits per heavy atom. The number of thiazole rings is 1. The first-order chi connectivity index (χ1) is 12.6. The van der Waals surface area contributed by atoms with Gasteiger partial charge in [0, 0.05) is 24.2 Å². The van der Waals surface area contributed by atoms with Crippen molar-refractivity contribution in [2.24, 2.45) is 0 Å². The van der Waals surface area contributed by atoms with Crippen LogP contribution in [0.5, 0.6) is 0 Å². The third-order valence-corrected chi connectivity index (χ3v) is 5.70. The van der Waals surface area contributed by atoms with E-state index in [1.165, 1.54) is 17.4 Å². The number of carbonyl (C=O) groups excluding carboxylic acids is 1. The molecule has 1 aromatic carbocycles. The minimum atomic E-state index is -0.346. The number of halogens is 2. The maximum absolute atomic E-state index is 14.5. The minimum Gasteiger partial charge on any atom is -0.378 e. The van der Waals surface area contributed by atoms with Gasteiger partial charge in [-0.1, -0.05) is 17.7 Å². The summed E-state index contributed by atoms with van der Waals surface area (Å²) < 4.78 is 19.5. The zero-order valence-corrected chi connectivity index (χ0v) is 16.1. The smallest absolute Gasteiger partial charge is 0.263 e. The summed E-state index contributed by atoms with van der Waals surface area (Å²) in [4.78, 5) is 19.4. The lowest BCUT2D eigenvalue weighted by Gasteiger charge is -2.29. The van der Waals surface area contributed by atoms with Gasteiger partial charge in [-0.15, -0.1) is 11.3 Å². The van der Waals surface area contributed by atoms with Crippen LogP contribution in [0.4, 0.5) is 4.39 Å². The average Bonchev–Trinajstić information content (AvgIpc) is 3.29. The number of rotatable bonds is 7. The van der Waals surface area contributed by atoms with E-state index in [9.17, 15) is 9.18 Å². The highest BCUT2D eigenvalue weighted by molar-refractivity contribution is 7.11. The summed E-state index contributed by atoms with van der Waals surface area (Å²) in [5.41, 5.74) is 2.67. The molecule has 1 atom stereocenters. The first-order valence-electron chi connectivity index (χ1n) is 8.49. The molecule has 0 saturated carbocycles. The summed E-state index contributed by atoms with van der Waals surface area (Å²) in [7, 11) is 1.56. The molecule has 1 fully saturated rings. The quantitative estimate of drug-likeness (QED) is 0.774. The number of aromatic nitrogens is 1. The maximum atomic E-state index is 14.5. The molecule has 1 saturated heterocycles. The molecule has 0 spiro atoms. The molecule has 0 radical (unpaired) electrons. The number of carbonyl (C=O) groups is 1. The van der Waals surface area contributed by atoms with Crippen molar-refractivity contribution in [2.45, 2.75) is 25.5 Å². The molecule has 5 nitrogen and oxygen atoms in total. The van der Waals surface area contributed by atoms with Gasteiger partial charge in [-0.2, -0.15) is 0 Å². The van der Waals surface area contributed by atoms with Gasteiger partial charge >= 0.3 is 0 Å². The normalized spacial score (nSPS) is 16.0. The predicted molar refractivity (Wildman–Crippen MR) is 100 cm³/mol. The summed E-state index contributed by atoms with van der Waals surface area (Å²) in [5, 5.41) is 3.31. The van der Waals surface area contributed by atoms with Crippen LogP contribution < -0.4 is 5.32 Å². The van der Waals surface area contributed by atoms with E-state index in [1.54, 1.807) is 24.8 Å². The number of hydrogen-bond acceptors (Lipinski definition) is 5. The van der Waals surface area contributed by atoms with Crippen LogP contribution in [-0.2, 0) is 11.3 Å². The zero-order valence-electron chi connectivity index (χ0n) is 14.5. The van der Waals surface area contributed by atoms with E-state index in [0.29, 0.717) is 21.2 Å². The highest BCUT2D eigenvalue weighted by atomic mass is 35.5. The van der Waals surface area contributed by atoms with Gasteiger partial charge in [0.25, 0.3) is 5.91 Å². The fourth-order valence-electron chi connectivity index (χ4n) is 3.26. The Morgan fingerprint density at radius 3 is 2.92 bits per heavy atom. The molecular weight excluding hydrogens is 377 g/mol. The number of hydrogen-bond donors (Lipinski definition) is 1. The van der Waals surface area contributed by atoms with E-state index in [2.05, 4.69) is 15.2 Å². The van der Waals surface area contributed by atoms with Crippen LogP contribution in [0.1, 0.15) is 39.8 Å². The van der Waals surface area contributed by atoms with Gasteiger partial charge in [-0.3, -0.25) is 9.69 Å². The second kappa shape index (κ2) is 8.90. The number of likely N-dealkylation sites (tertiary alicyclic amines) is 1. The van der Waals surface area contributed by atoms with Crippen molar-refractivity contribution in [3.05, 3.63) is 50.7 Å². The zero-order chi connectivity index (χ0) is 18.5. The Bertz CT molecular complexity index is 744. The fourth-order valence-corrected chi connectivity index (χ4v) is 4.26. The SMILES string of the molecule is COCc1ncsc1C(=O)NCC(c1c(F)cccc1Cl)N1CCCC1. The summed E-state index contributed by atoms with van der Waals surface area (Å²) in [6, 6.07) is 4.39. The number of nitrogens with one attached hydrogen (secondary N) is 1. The number of ether oxygens (including phenoxy) is 1. The highest BCUT2D eigenvalue weighted by Crippen LogP contribution is 2.32. The summed E-state index contributed by atoms with van der Waals surface area (Å²) in [5.74, 6) is -0.572. The molecule has 1 aliphatic rings. The molecule has 2 heterocycles. The van der Waals surface area contributed by atoms with Crippen molar-refractivity contribution in [3.8, 4) is 0 Å². The van der Waals surface area contributed by atoms with Crippen LogP contribution in [0.2, 0.25) is 5.02 Å². The van der Waals surface area contributed by atoms with Gasteiger partial charge in [0.2, 0.25) is 0 Å². The van der Waals surface area contributed by atoms with Crippen molar-refractivity contribution in [1.29, 1.82) is 0 Å². The topological polar surface area (TPSA) is 54.5 Å². The van der Waals surface area contributed by atoms with Gasteiger partial charge in [0.05, 0.1) is 23.9 Å². The van der Waals surface area contributed by atoms with Crippen molar-refractivity contribution in [2.75, 3.05) is 26.7 Å². The van der Waals surface area contributed by atoms with Crippen molar-refractivity contribution < 1.29 is 13.9 Å². The Hall–Kier alpha value is -1.54. The standard InChI is InChI=1S/C18H21ClFN3O2S/c1-25-10-14-17(26-11-22-14)18(24)21-9-15(23-7-2-3-8-23)16-12(19)5-4-6-13(16)20/h4-6,11,15H,2-3,7-10H2,1H3,(H,21,24). The second-order valence-corrected chi connectivity index (χ2v) is 7.43. The lowest BCUT2D eigenvalue weighted by atomic mass is 10.0. The van der Waals surface area contributed by atoms with E-state index in [4.69, 9.17) is 16.3 Å². The molecule has 1 unspecified atom stereocenters. The van der Waals surface area contributed by atoms with Crippen molar-refractivity contribution >= 4 is 28.8 Å². The average molecular weight is 398 g/mol. The van der Waals surface area contributed by atoms with E-state index in [1.807, 2.05) is 0 Å². The largest absolute Gasteiger partial charge is 0.378 e. The van der Waals surface area contributed by atoms with Crippen LogP contribution >= 0.6 is 22.9 Å². The Balaban J connectivity index is 1.78. The van der Waals surface area contributed by atoms with Crippen LogP contribution in [0, 0.1) is 5.82 Å². The number of benzene rings is 1. The molecule has 26 heavy (non-hydrogen) atoms. The third-order valence-electron chi connectivity index (χ3n) is 4.50. The molecule has 1 amide bonds. The van der Waals surface area contributed by atoms with Gasteiger partial charge in [0.1, 0.15) is 10.7 Å². The van der Waals surface area contributed by atoms with Gasteiger partial charge in [0.15, 0.2) is 0 Å². The molecule has 3 rings (SSSR count). The minimum absolute atomic E-state index is 0.226. The molecule has 0 bridgehead atoms. The van der Waals surface area contributed by atoms with Crippen LogP contribution in [0.15, 0.2) is 23.7 Å². The fraction of sp³-hybridized carbons (Fsp3) is 0.444. The number of amides is 1. The van der Waals surface area contributed by atoms with Crippen molar-refractivity contribution in [3.63, 3.8) is 0 Å². The summed E-state index contributed by atoms with van der Waals surface area (Å²) in [6.45, 7) is 2.28. The van der Waals surface area contributed by atoms with Crippen molar-refractivity contribution in [1.82, 2.24) is 15.2 Å². The Kier molecular flexibility index (Phi) is 6.58. The Labute approximate surface area is 161 Å². The molecule has 1 aromatic heterocycles.